The molecule has 1 aromatic rings. The first-order chi connectivity index (χ1) is 10.3. The molecule has 4 heteroatoms. The van der Waals surface area contributed by atoms with Gasteiger partial charge >= 0.3 is 0 Å². The van der Waals surface area contributed by atoms with E-state index in [1.165, 1.54) is 0 Å². The Morgan fingerprint density at radius 3 is 2.68 bits per heavy atom. The van der Waals surface area contributed by atoms with Gasteiger partial charge in [0.05, 0.1) is 7.11 Å². The topological polar surface area (TPSA) is 55.6 Å². The number of ether oxygens (including phenoxy) is 1. The molecule has 1 fully saturated rings. The van der Waals surface area contributed by atoms with E-state index in [0.29, 0.717) is 13.0 Å². The van der Waals surface area contributed by atoms with Crippen LogP contribution in [0.3, 0.4) is 0 Å². The lowest BCUT2D eigenvalue weighted by atomic mass is 9.83. The van der Waals surface area contributed by atoms with Gasteiger partial charge in [-0.3, -0.25) is 4.79 Å². The summed E-state index contributed by atoms with van der Waals surface area (Å²) in [5.74, 6) is 1.05. The van der Waals surface area contributed by atoms with Gasteiger partial charge < -0.3 is 15.4 Å². The van der Waals surface area contributed by atoms with E-state index >= 15 is 0 Å². The van der Waals surface area contributed by atoms with Crippen LogP contribution in [-0.4, -0.2) is 37.6 Å². The Hall–Kier alpha value is -1.55. The fourth-order valence-electron chi connectivity index (χ4n) is 3.19. The molecule has 0 radical (unpaired) electrons. The summed E-state index contributed by atoms with van der Waals surface area (Å²) in [5, 5.41) is 0. The molecule has 2 N–H and O–H groups in total. The third-order valence-corrected chi connectivity index (χ3v) is 4.74. The Balaban J connectivity index is 2.11. The molecule has 22 heavy (non-hydrogen) atoms. The smallest absolute Gasteiger partial charge is 0.228 e. The maximum Gasteiger partial charge on any atom is 0.228 e. The van der Waals surface area contributed by atoms with Gasteiger partial charge in [0, 0.05) is 18.5 Å². The highest BCUT2D eigenvalue weighted by Crippen LogP contribution is 2.34. The summed E-state index contributed by atoms with van der Waals surface area (Å²) in [4.78, 5) is 14.9. The number of rotatable bonds is 5. The summed E-state index contributed by atoms with van der Waals surface area (Å²) in [7, 11) is 1.67. The van der Waals surface area contributed by atoms with E-state index in [2.05, 4.69) is 6.92 Å². The lowest BCUT2D eigenvalue weighted by Crippen LogP contribution is -2.42. The zero-order valence-electron chi connectivity index (χ0n) is 14.2. The van der Waals surface area contributed by atoms with Gasteiger partial charge in [-0.15, -0.1) is 0 Å². The molecule has 0 saturated carbocycles. The Morgan fingerprint density at radius 2 is 2.09 bits per heavy atom. The third-order valence-electron chi connectivity index (χ3n) is 4.74. The first kappa shape index (κ1) is 16.8. The first-order valence-electron chi connectivity index (χ1n) is 7.93. The molecular formula is C18H28N2O2. The number of methoxy groups -OCH3 is 1. The molecule has 1 aliphatic rings. The Morgan fingerprint density at radius 1 is 1.41 bits per heavy atom. The molecule has 122 valence electrons. The Bertz CT molecular complexity index is 542. The fraction of sp³-hybridized carbons (Fsp3) is 0.611. The van der Waals surface area contributed by atoms with Gasteiger partial charge in [0.25, 0.3) is 0 Å². The maximum atomic E-state index is 12.9. The van der Waals surface area contributed by atoms with Crippen LogP contribution in [0.1, 0.15) is 32.8 Å². The predicted octanol–water partition coefficient (Wildman–Crippen LogP) is 2.46. The number of nitrogens with zero attached hydrogens (tertiary/aromatic N) is 1. The Kier molecular flexibility index (Phi) is 4.81. The number of amides is 1. The summed E-state index contributed by atoms with van der Waals surface area (Å²) in [5.41, 5.74) is 6.54. The van der Waals surface area contributed by atoms with Crippen LogP contribution in [0, 0.1) is 10.8 Å². The van der Waals surface area contributed by atoms with Gasteiger partial charge in [0.1, 0.15) is 5.75 Å². The number of carbonyl (C=O) groups is 1. The van der Waals surface area contributed by atoms with Gasteiger partial charge in [-0.1, -0.05) is 39.0 Å². The van der Waals surface area contributed by atoms with E-state index in [1.54, 1.807) is 7.11 Å². The summed E-state index contributed by atoms with van der Waals surface area (Å²) in [6.45, 7) is 8.39. The summed E-state index contributed by atoms with van der Waals surface area (Å²) in [6.07, 6.45) is 1.66. The van der Waals surface area contributed by atoms with Crippen LogP contribution < -0.4 is 10.5 Å². The fourth-order valence-corrected chi connectivity index (χ4v) is 3.19. The Labute approximate surface area is 133 Å². The average molecular weight is 304 g/mol. The van der Waals surface area contributed by atoms with Crippen LogP contribution in [-0.2, 0) is 11.2 Å². The first-order valence-corrected chi connectivity index (χ1v) is 7.93. The lowest BCUT2D eigenvalue weighted by molar-refractivity contribution is -0.139. The molecule has 0 aliphatic carbocycles. The monoisotopic (exact) mass is 304 g/mol. The van der Waals surface area contributed by atoms with Gasteiger partial charge in [-0.25, -0.2) is 0 Å². The third kappa shape index (κ3) is 3.43. The van der Waals surface area contributed by atoms with Crippen molar-refractivity contribution in [2.75, 3.05) is 26.7 Å². The van der Waals surface area contributed by atoms with Crippen LogP contribution >= 0.6 is 0 Å². The highest BCUT2D eigenvalue weighted by atomic mass is 16.5. The van der Waals surface area contributed by atoms with Crippen LogP contribution in [0.4, 0.5) is 0 Å². The zero-order valence-corrected chi connectivity index (χ0v) is 14.2. The van der Waals surface area contributed by atoms with Crippen molar-refractivity contribution in [1.82, 2.24) is 4.90 Å². The molecule has 1 atom stereocenters. The minimum Gasteiger partial charge on any atom is -0.496 e. The zero-order chi connectivity index (χ0) is 16.4. The second-order valence-electron chi connectivity index (χ2n) is 7.36. The molecule has 1 amide bonds. The van der Waals surface area contributed by atoms with E-state index < -0.39 is 5.41 Å². The van der Waals surface area contributed by atoms with E-state index in [4.69, 9.17) is 10.5 Å². The second kappa shape index (κ2) is 6.29. The van der Waals surface area contributed by atoms with E-state index in [1.807, 2.05) is 43.0 Å². The number of para-hydroxylation sites is 1. The van der Waals surface area contributed by atoms with Crippen molar-refractivity contribution in [2.45, 2.75) is 33.6 Å². The average Bonchev–Trinajstić information content (AvgIpc) is 2.90. The minimum absolute atomic E-state index is 0.0657. The molecule has 0 aromatic heterocycles. The van der Waals surface area contributed by atoms with E-state index in [9.17, 15) is 4.79 Å². The minimum atomic E-state index is -0.450. The molecule has 1 aromatic carbocycles. The summed E-state index contributed by atoms with van der Waals surface area (Å²) in [6, 6.07) is 7.91. The number of hydrogen-bond donors (Lipinski definition) is 1. The van der Waals surface area contributed by atoms with Crippen LogP contribution in [0.15, 0.2) is 24.3 Å². The second-order valence-corrected chi connectivity index (χ2v) is 7.36. The van der Waals surface area contributed by atoms with Crippen molar-refractivity contribution in [3.05, 3.63) is 29.8 Å². The molecule has 1 saturated heterocycles. The van der Waals surface area contributed by atoms with Gasteiger partial charge in [0.2, 0.25) is 5.91 Å². The standard InChI is InChI=1S/C18H28N2O2/c1-17(2,11-14-7-5-6-8-15(14)22-4)16(21)20-10-9-18(3,12-19)13-20/h5-8H,9-13,19H2,1-4H3. The summed E-state index contributed by atoms with van der Waals surface area (Å²) >= 11 is 0. The number of carbonyl (C=O) groups excluding carboxylic acids is 1. The van der Waals surface area contributed by atoms with Crippen molar-refractivity contribution < 1.29 is 9.53 Å². The number of likely N-dealkylation sites (tertiary alicyclic amines) is 1. The number of hydrogen-bond acceptors (Lipinski definition) is 3. The number of benzene rings is 1. The quantitative estimate of drug-likeness (QED) is 0.909. The van der Waals surface area contributed by atoms with E-state index in [-0.39, 0.29) is 11.3 Å². The van der Waals surface area contributed by atoms with E-state index in [0.717, 1.165) is 30.8 Å². The molecule has 0 bridgehead atoms. The molecule has 1 heterocycles. The van der Waals surface area contributed by atoms with Crippen molar-refractivity contribution in [1.29, 1.82) is 0 Å². The molecule has 0 spiro atoms. The SMILES string of the molecule is COc1ccccc1CC(C)(C)C(=O)N1CCC(C)(CN)C1. The van der Waals surface area contributed by atoms with Gasteiger partial charge in [0.15, 0.2) is 0 Å². The van der Waals surface area contributed by atoms with Crippen LogP contribution in [0.25, 0.3) is 0 Å². The van der Waals surface area contributed by atoms with Crippen molar-refractivity contribution >= 4 is 5.91 Å². The highest BCUT2D eigenvalue weighted by Gasteiger charge is 2.40. The highest BCUT2D eigenvalue weighted by molar-refractivity contribution is 5.82. The van der Waals surface area contributed by atoms with Crippen LogP contribution in [0.5, 0.6) is 5.75 Å². The largest absolute Gasteiger partial charge is 0.496 e. The van der Waals surface area contributed by atoms with Crippen LogP contribution in [0.2, 0.25) is 0 Å². The summed E-state index contributed by atoms with van der Waals surface area (Å²) < 4.78 is 5.41. The van der Waals surface area contributed by atoms with Crippen molar-refractivity contribution in [3.8, 4) is 5.75 Å². The molecule has 1 aliphatic heterocycles. The maximum absolute atomic E-state index is 12.9. The van der Waals surface area contributed by atoms with Crippen molar-refractivity contribution in [2.24, 2.45) is 16.6 Å². The molecule has 1 unspecified atom stereocenters. The normalized spacial score (nSPS) is 22.0. The van der Waals surface area contributed by atoms with Gasteiger partial charge in [-0.2, -0.15) is 0 Å². The van der Waals surface area contributed by atoms with Crippen molar-refractivity contribution in [3.63, 3.8) is 0 Å². The molecule has 4 nitrogen and oxygen atoms in total. The predicted molar refractivity (Wildman–Crippen MR) is 88.8 cm³/mol. The molecule has 2 rings (SSSR count). The molecular weight excluding hydrogens is 276 g/mol. The van der Waals surface area contributed by atoms with Gasteiger partial charge in [-0.05, 0) is 36.4 Å². The lowest BCUT2D eigenvalue weighted by Gasteiger charge is -2.31. The number of nitrogens with two attached hydrogens (primary N) is 1.